The molecule has 102 valence electrons. The first kappa shape index (κ1) is 14.5. The molecule has 0 aromatic carbocycles. The van der Waals surface area contributed by atoms with Crippen LogP contribution >= 0.6 is 0 Å². The molecule has 6 nitrogen and oxygen atoms in total. The molecule has 6 heteroatoms. The van der Waals surface area contributed by atoms with Crippen LogP contribution in [0.25, 0.3) is 0 Å². The van der Waals surface area contributed by atoms with Crippen LogP contribution in [-0.2, 0) is 7.05 Å². The van der Waals surface area contributed by atoms with Gasteiger partial charge in [-0.05, 0) is 12.3 Å². The van der Waals surface area contributed by atoms with E-state index in [2.05, 4.69) is 24.3 Å². The van der Waals surface area contributed by atoms with Gasteiger partial charge in [-0.3, -0.25) is 14.8 Å². The fourth-order valence-electron chi connectivity index (χ4n) is 1.92. The zero-order chi connectivity index (χ0) is 13.5. The molecule has 18 heavy (non-hydrogen) atoms. The number of aromatic nitrogens is 2. The maximum absolute atomic E-state index is 10.8. The molecule has 0 saturated heterocycles. The zero-order valence-corrected chi connectivity index (χ0v) is 11.3. The Hall–Kier alpha value is -1.59. The molecule has 0 bridgehead atoms. The van der Waals surface area contributed by atoms with Crippen molar-refractivity contribution in [1.29, 1.82) is 0 Å². The molecule has 1 unspecified atom stereocenters. The third-order valence-corrected chi connectivity index (χ3v) is 3.11. The Labute approximate surface area is 108 Å². The van der Waals surface area contributed by atoms with Crippen LogP contribution < -0.4 is 5.32 Å². The summed E-state index contributed by atoms with van der Waals surface area (Å²) in [5, 5.41) is 18.0. The Morgan fingerprint density at radius 1 is 1.56 bits per heavy atom. The molecule has 1 heterocycles. The lowest BCUT2D eigenvalue weighted by Gasteiger charge is -2.14. The topological polar surface area (TPSA) is 73.0 Å². The first-order chi connectivity index (χ1) is 8.58. The van der Waals surface area contributed by atoms with Gasteiger partial charge >= 0.3 is 5.69 Å². The van der Waals surface area contributed by atoms with Crippen molar-refractivity contribution in [2.75, 3.05) is 11.9 Å². The van der Waals surface area contributed by atoms with Gasteiger partial charge in [-0.15, -0.1) is 5.10 Å². The number of aryl methyl sites for hydroxylation is 1. The molecule has 0 aliphatic heterocycles. The molecule has 1 N–H and O–H groups in total. The molecule has 1 aromatic rings. The van der Waals surface area contributed by atoms with Crippen LogP contribution in [0.3, 0.4) is 0 Å². The third kappa shape index (κ3) is 4.01. The van der Waals surface area contributed by atoms with E-state index in [-0.39, 0.29) is 5.69 Å². The van der Waals surface area contributed by atoms with Gasteiger partial charge in [-0.25, -0.2) is 0 Å². The minimum absolute atomic E-state index is 0.0443. The summed E-state index contributed by atoms with van der Waals surface area (Å²) >= 11 is 0. The summed E-state index contributed by atoms with van der Waals surface area (Å²) in [6.07, 6.45) is 6.04. The summed E-state index contributed by atoms with van der Waals surface area (Å²) in [5.74, 6) is 0.920. The van der Waals surface area contributed by atoms with Gasteiger partial charge in [0.2, 0.25) is 5.82 Å². The van der Waals surface area contributed by atoms with Crippen molar-refractivity contribution in [3.8, 4) is 0 Å². The number of hydrogen-bond acceptors (Lipinski definition) is 4. The van der Waals surface area contributed by atoms with E-state index < -0.39 is 4.92 Å². The van der Waals surface area contributed by atoms with Crippen molar-refractivity contribution in [3.63, 3.8) is 0 Å². The summed E-state index contributed by atoms with van der Waals surface area (Å²) in [6.45, 7) is 5.06. The van der Waals surface area contributed by atoms with Crippen molar-refractivity contribution in [2.45, 2.75) is 39.5 Å². The number of rotatable bonds is 8. The molecule has 0 spiro atoms. The van der Waals surface area contributed by atoms with Crippen molar-refractivity contribution >= 4 is 11.5 Å². The molecular weight excluding hydrogens is 232 g/mol. The van der Waals surface area contributed by atoms with Crippen LogP contribution in [-0.4, -0.2) is 21.2 Å². The summed E-state index contributed by atoms with van der Waals surface area (Å²) in [4.78, 5) is 10.4. The second-order valence-corrected chi connectivity index (χ2v) is 4.59. The lowest BCUT2D eigenvalue weighted by Crippen LogP contribution is -2.14. The lowest BCUT2D eigenvalue weighted by molar-refractivity contribution is -0.384. The van der Waals surface area contributed by atoms with E-state index in [0.717, 1.165) is 19.4 Å². The highest BCUT2D eigenvalue weighted by molar-refractivity contribution is 5.54. The minimum Gasteiger partial charge on any atom is -0.363 e. The van der Waals surface area contributed by atoms with Gasteiger partial charge in [0, 0.05) is 13.6 Å². The van der Waals surface area contributed by atoms with Crippen molar-refractivity contribution in [2.24, 2.45) is 13.0 Å². The van der Waals surface area contributed by atoms with Crippen LogP contribution in [0.4, 0.5) is 11.5 Å². The lowest BCUT2D eigenvalue weighted by atomic mass is 9.99. The molecule has 1 rings (SSSR count). The number of anilines is 1. The van der Waals surface area contributed by atoms with E-state index in [0.29, 0.717) is 11.7 Å². The Kier molecular flexibility index (Phi) is 5.61. The van der Waals surface area contributed by atoms with E-state index >= 15 is 0 Å². The van der Waals surface area contributed by atoms with Crippen LogP contribution in [0, 0.1) is 16.0 Å². The van der Waals surface area contributed by atoms with Gasteiger partial charge in [0.05, 0.1) is 4.92 Å². The smallest absolute Gasteiger partial charge is 0.330 e. The van der Waals surface area contributed by atoms with Gasteiger partial charge in [0.15, 0.2) is 0 Å². The average molecular weight is 254 g/mol. The van der Waals surface area contributed by atoms with Gasteiger partial charge in [-0.2, -0.15) is 0 Å². The van der Waals surface area contributed by atoms with Gasteiger partial charge in [0.1, 0.15) is 6.20 Å². The summed E-state index contributed by atoms with van der Waals surface area (Å²) in [6, 6.07) is 0. The molecule has 0 amide bonds. The van der Waals surface area contributed by atoms with Crippen LogP contribution in [0.15, 0.2) is 6.20 Å². The number of nitrogens with zero attached hydrogens (tertiary/aromatic N) is 3. The Balaban J connectivity index is 2.58. The van der Waals surface area contributed by atoms with E-state index in [9.17, 15) is 10.1 Å². The van der Waals surface area contributed by atoms with Crippen molar-refractivity contribution < 1.29 is 4.92 Å². The highest BCUT2D eigenvalue weighted by atomic mass is 16.6. The summed E-state index contributed by atoms with van der Waals surface area (Å²) < 4.78 is 1.47. The predicted molar refractivity (Wildman–Crippen MR) is 71.7 cm³/mol. The normalized spacial score (nSPS) is 12.4. The predicted octanol–water partition coefficient (Wildman–Crippen LogP) is 2.96. The molecule has 0 aliphatic rings. The number of hydrogen-bond donors (Lipinski definition) is 1. The van der Waals surface area contributed by atoms with Crippen LogP contribution in [0.1, 0.15) is 39.5 Å². The number of nitro groups is 1. The minimum atomic E-state index is -0.400. The van der Waals surface area contributed by atoms with E-state index in [1.165, 1.54) is 23.7 Å². The SMILES string of the molecule is CCCCC(CC)CNc1nn(C)cc1[N+](=O)[O-]. The maximum atomic E-state index is 10.8. The summed E-state index contributed by atoms with van der Waals surface area (Å²) in [7, 11) is 1.69. The standard InChI is InChI=1S/C12H22N4O2/c1-4-6-7-10(5-2)8-13-12-11(16(17)18)9-15(3)14-12/h9-10H,4-8H2,1-3H3,(H,13,14). The van der Waals surface area contributed by atoms with E-state index in [4.69, 9.17) is 0 Å². The number of nitrogens with one attached hydrogen (secondary N) is 1. The Bertz CT molecular complexity index is 389. The van der Waals surface area contributed by atoms with Crippen molar-refractivity contribution in [1.82, 2.24) is 9.78 Å². The van der Waals surface area contributed by atoms with E-state index in [1.807, 2.05) is 0 Å². The fraction of sp³-hybridized carbons (Fsp3) is 0.750. The molecular formula is C12H22N4O2. The Morgan fingerprint density at radius 2 is 2.28 bits per heavy atom. The second-order valence-electron chi connectivity index (χ2n) is 4.59. The Morgan fingerprint density at radius 3 is 2.83 bits per heavy atom. The van der Waals surface area contributed by atoms with Crippen molar-refractivity contribution in [3.05, 3.63) is 16.3 Å². The highest BCUT2D eigenvalue weighted by Crippen LogP contribution is 2.22. The maximum Gasteiger partial charge on any atom is 0.330 e. The largest absolute Gasteiger partial charge is 0.363 e. The highest BCUT2D eigenvalue weighted by Gasteiger charge is 2.18. The van der Waals surface area contributed by atoms with Crippen LogP contribution in [0.2, 0.25) is 0 Å². The number of unbranched alkanes of at least 4 members (excludes halogenated alkanes) is 1. The fourth-order valence-corrected chi connectivity index (χ4v) is 1.92. The van der Waals surface area contributed by atoms with Gasteiger partial charge in [-0.1, -0.05) is 33.1 Å². The first-order valence-electron chi connectivity index (χ1n) is 6.50. The molecule has 1 atom stereocenters. The van der Waals surface area contributed by atoms with Gasteiger partial charge < -0.3 is 5.32 Å². The molecule has 0 radical (unpaired) electrons. The van der Waals surface area contributed by atoms with E-state index in [1.54, 1.807) is 7.05 Å². The zero-order valence-electron chi connectivity index (χ0n) is 11.3. The average Bonchev–Trinajstić information content (AvgIpc) is 2.71. The van der Waals surface area contributed by atoms with Gasteiger partial charge in [0.25, 0.3) is 0 Å². The summed E-state index contributed by atoms with van der Waals surface area (Å²) in [5.41, 5.74) is 0.0443. The quantitative estimate of drug-likeness (QED) is 0.571. The molecule has 1 aromatic heterocycles. The molecule has 0 saturated carbocycles. The second kappa shape index (κ2) is 6.98. The van der Waals surface area contributed by atoms with Crippen LogP contribution in [0.5, 0.6) is 0 Å². The monoisotopic (exact) mass is 254 g/mol. The first-order valence-corrected chi connectivity index (χ1v) is 6.50. The molecule has 0 fully saturated rings. The molecule has 0 aliphatic carbocycles. The third-order valence-electron chi connectivity index (χ3n) is 3.11.